The van der Waals surface area contributed by atoms with E-state index in [1.54, 1.807) is 24.3 Å². The van der Waals surface area contributed by atoms with E-state index in [9.17, 15) is 13.2 Å². The van der Waals surface area contributed by atoms with Gasteiger partial charge in [0.15, 0.2) is 0 Å². The topological polar surface area (TPSA) is 42.1 Å². The van der Waals surface area contributed by atoms with Crippen LogP contribution < -0.4 is 10.6 Å². The summed E-state index contributed by atoms with van der Waals surface area (Å²) in [5.74, 6) is 0. The number of nitrogens with zero attached hydrogens (tertiary/aromatic N) is 2. The second-order valence-corrected chi connectivity index (χ2v) is 5.08. The van der Waals surface area contributed by atoms with E-state index in [1.807, 2.05) is 0 Å². The van der Waals surface area contributed by atoms with E-state index < -0.39 is 12.7 Å². The molecule has 3 rings (SSSR count). The van der Waals surface area contributed by atoms with Crippen molar-refractivity contribution < 1.29 is 13.2 Å². The molecule has 0 bridgehead atoms. The van der Waals surface area contributed by atoms with Crippen molar-refractivity contribution in [3.63, 3.8) is 0 Å². The summed E-state index contributed by atoms with van der Waals surface area (Å²) in [6.45, 7) is -0.929. The maximum atomic E-state index is 12.8. The third-order valence-corrected chi connectivity index (χ3v) is 3.39. The minimum Gasteiger partial charge on any atom is -0.399 e. The quantitative estimate of drug-likeness (QED) is 0.877. The Bertz CT molecular complexity index is 635. The molecule has 3 nitrogen and oxygen atoms in total. The molecule has 0 saturated heterocycles. The molecule has 20 heavy (non-hydrogen) atoms. The summed E-state index contributed by atoms with van der Waals surface area (Å²) in [6.07, 6.45) is -1.08. The van der Waals surface area contributed by atoms with Gasteiger partial charge in [0.05, 0.1) is 5.52 Å². The Balaban J connectivity index is 2.06. The van der Waals surface area contributed by atoms with Crippen molar-refractivity contribution in [1.29, 1.82) is 0 Å². The van der Waals surface area contributed by atoms with Crippen LogP contribution in [0.2, 0.25) is 0 Å². The number of nitrogens with two attached hydrogens (primary N) is 1. The molecule has 1 aromatic carbocycles. The van der Waals surface area contributed by atoms with E-state index in [-0.39, 0.29) is 6.04 Å². The molecule has 0 unspecified atom stereocenters. The number of rotatable bonds is 3. The number of hydrogen-bond donors (Lipinski definition) is 1. The molecular weight excluding hydrogens is 267 g/mol. The highest BCUT2D eigenvalue weighted by Crippen LogP contribution is 2.37. The van der Waals surface area contributed by atoms with Gasteiger partial charge >= 0.3 is 6.18 Å². The lowest BCUT2D eigenvalue weighted by Gasteiger charge is -2.27. The predicted molar refractivity (Wildman–Crippen MR) is 72.6 cm³/mol. The monoisotopic (exact) mass is 281 g/mol. The zero-order valence-corrected chi connectivity index (χ0v) is 10.7. The minimum atomic E-state index is -4.22. The highest BCUT2D eigenvalue weighted by Gasteiger charge is 2.38. The van der Waals surface area contributed by atoms with Crippen LogP contribution in [0.3, 0.4) is 0 Å². The first-order valence-corrected chi connectivity index (χ1v) is 6.42. The van der Waals surface area contributed by atoms with Crippen molar-refractivity contribution in [2.24, 2.45) is 0 Å². The fourth-order valence-electron chi connectivity index (χ4n) is 2.39. The summed E-state index contributed by atoms with van der Waals surface area (Å²) in [5.41, 5.74) is 7.44. The van der Waals surface area contributed by atoms with Crippen LogP contribution in [0.1, 0.15) is 12.8 Å². The van der Waals surface area contributed by atoms with Crippen molar-refractivity contribution in [2.45, 2.75) is 25.1 Å². The van der Waals surface area contributed by atoms with Gasteiger partial charge in [0.25, 0.3) is 0 Å². The van der Waals surface area contributed by atoms with Gasteiger partial charge in [-0.3, -0.25) is 4.98 Å². The van der Waals surface area contributed by atoms with Gasteiger partial charge in [0.1, 0.15) is 6.54 Å². The van der Waals surface area contributed by atoms with Crippen LogP contribution >= 0.6 is 0 Å². The van der Waals surface area contributed by atoms with Crippen LogP contribution in [-0.2, 0) is 0 Å². The van der Waals surface area contributed by atoms with Gasteiger partial charge in [-0.15, -0.1) is 0 Å². The molecule has 2 aromatic rings. The number of hydrogen-bond acceptors (Lipinski definition) is 3. The number of halogens is 3. The zero-order chi connectivity index (χ0) is 14.3. The molecule has 1 saturated carbocycles. The van der Waals surface area contributed by atoms with Gasteiger partial charge in [0.2, 0.25) is 0 Å². The summed E-state index contributed by atoms with van der Waals surface area (Å²) in [5, 5.41) is 0.706. The largest absolute Gasteiger partial charge is 0.405 e. The van der Waals surface area contributed by atoms with E-state index in [0.717, 1.165) is 12.8 Å². The molecule has 0 aliphatic heterocycles. The normalized spacial score (nSPS) is 15.6. The molecule has 6 heteroatoms. The SMILES string of the molecule is Nc1ccc2c(N(CC(F)(F)F)C3CC3)ccnc2c1. The van der Waals surface area contributed by atoms with Crippen LogP contribution in [0.4, 0.5) is 24.5 Å². The van der Waals surface area contributed by atoms with Gasteiger partial charge in [0, 0.05) is 29.0 Å². The Hall–Kier alpha value is -1.98. The third kappa shape index (κ3) is 2.64. The first kappa shape index (κ1) is 13.0. The Morgan fingerprint density at radius 1 is 1.25 bits per heavy atom. The second-order valence-electron chi connectivity index (χ2n) is 5.08. The van der Waals surface area contributed by atoms with Crippen molar-refractivity contribution in [3.8, 4) is 0 Å². The second kappa shape index (κ2) is 4.54. The molecule has 2 N–H and O–H groups in total. The van der Waals surface area contributed by atoms with E-state index >= 15 is 0 Å². The lowest BCUT2D eigenvalue weighted by Crippen LogP contribution is -2.36. The summed E-state index contributed by atoms with van der Waals surface area (Å²) in [6, 6.07) is 6.71. The number of alkyl halides is 3. The predicted octanol–water partition coefficient (Wildman–Crippen LogP) is 3.35. The Kier molecular flexibility index (Phi) is 2.96. The first-order valence-electron chi connectivity index (χ1n) is 6.42. The smallest absolute Gasteiger partial charge is 0.399 e. The van der Waals surface area contributed by atoms with Crippen LogP contribution in [0.15, 0.2) is 30.5 Å². The molecule has 1 aliphatic carbocycles. The summed E-state index contributed by atoms with van der Waals surface area (Å²) >= 11 is 0. The molecule has 106 valence electrons. The highest BCUT2D eigenvalue weighted by atomic mass is 19.4. The highest BCUT2D eigenvalue weighted by molar-refractivity contribution is 5.93. The third-order valence-electron chi connectivity index (χ3n) is 3.39. The summed E-state index contributed by atoms with van der Waals surface area (Å²) in [4.78, 5) is 5.60. The van der Waals surface area contributed by atoms with Gasteiger partial charge < -0.3 is 10.6 Å². The van der Waals surface area contributed by atoms with Gasteiger partial charge in [-0.05, 0) is 37.1 Å². The van der Waals surface area contributed by atoms with Gasteiger partial charge in [-0.1, -0.05) is 0 Å². The molecule has 1 aromatic heterocycles. The van der Waals surface area contributed by atoms with Crippen molar-refractivity contribution in [1.82, 2.24) is 4.98 Å². The number of pyridine rings is 1. The molecule has 0 spiro atoms. The van der Waals surface area contributed by atoms with Crippen molar-refractivity contribution >= 4 is 22.3 Å². The fourth-order valence-corrected chi connectivity index (χ4v) is 2.39. The van der Waals surface area contributed by atoms with Crippen LogP contribution in [0.25, 0.3) is 10.9 Å². The minimum absolute atomic E-state index is 0.0280. The Labute approximate surface area is 114 Å². The number of anilines is 2. The lowest BCUT2D eigenvalue weighted by atomic mass is 10.1. The number of nitrogen functional groups attached to an aromatic ring is 1. The van der Waals surface area contributed by atoms with Crippen LogP contribution in [0, 0.1) is 0 Å². The Morgan fingerprint density at radius 3 is 2.65 bits per heavy atom. The van der Waals surface area contributed by atoms with Crippen LogP contribution in [-0.4, -0.2) is 23.7 Å². The average Bonchev–Trinajstić information content (AvgIpc) is 3.18. The van der Waals surface area contributed by atoms with E-state index in [1.165, 1.54) is 11.1 Å². The Morgan fingerprint density at radius 2 is 2.00 bits per heavy atom. The van der Waals surface area contributed by atoms with Gasteiger partial charge in [-0.2, -0.15) is 13.2 Å². The zero-order valence-electron chi connectivity index (χ0n) is 10.7. The number of aromatic nitrogens is 1. The molecular formula is C14H14F3N3. The van der Waals surface area contributed by atoms with Gasteiger partial charge in [-0.25, -0.2) is 0 Å². The molecule has 1 heterocycles. The summed E-state index contributed by atoms with van der Waals surface area (Å²) in [7, 11) is 0. The average molecular weight is 281 g/mol. The molecule has 1 fully saturated rings. The molecule has 1 aliphatic rings. The van der Waals surface area contributed by atoms with E-state index in [2.05, 4.69) is 4.98 Å². The van der Waals surface area contributed by atoms with E-state index in [4.69, 9.17) is 5.73 Å². The van der Waals surface area contributed by atoms with Crippen LogP contribution in [0.5, 0.6) is 0 Å². The maximum Gasteiger partial charge on any atom is 0.405 e. The molecule has 0 amide bonds. The fraction of sp³-hybridized carbons (Fsp3) is 0.357. The first-order chi connectivity index (χ1) is 9.44. The van der Waals surface area contributed by atoms with E-state index in [0.29, 0.717) is 22.3 Å². The molecule has 0 radical (unpaired) electrons. The maximum absolute atomic E-state index is 12.8. The standard InChI is InChI=1S/C14H14F3N3/c15-14(16,17)8-20(10-2-3-10)13-5-6-19-12-7-9(18)1-4-11(12)13/h1,4-7,10H,2-3,8,18H2. The van der Waals surface area contributed by atoms with Crippen molar-refractivity contribution in [2.75, 3.05) is 17.2 Å². The lowest BCUT2D eigenvalue weighted by molar-refractivity contribution is -0.119. The van der Waals surface area contributed by atoms with Crippen molar-refractivity contribution in [3.05, 3.63) is 30.5 Å². The summed E-state index contributed by atoms with van der Waals surface area (Å²) < 4.78 is 38.3. The number of fused-ring (bicyclic) bond motifs is 1. The molecule has 0 atom stereocenters. The number of benzene rings is 1.